The fraction of sp³-hybridized carbons (Fsp3) is 0.235. The van der Waals surface area contributed by atoms with Gasteiger partial charge in [-0.15, -0.1) is 0 Å². The highest BCUT2D eigenvalue weighted by atomic mass is 32.2. The van der Waals surface area contributed by atoms with Gasteiger partial charge in [-0.25, -0.2) is 8.42 Å². The lowest BCUT2D eigenvalue weighted by Crippen LogP contribution is -2.24. The number of carboxylic acids is 1. The van der Waals surface area contributed by atoms with Crippen LogP contribution in [0.5, 0.6) is 0 Å². The molecule has 0 fully saturated rings. The van der Waals surface area contributed by atoms with Crippen molar-refractivity contribution < 1.29 is 18.3 Å². The van der Waals surface area contributed by atoms with Gasteiger partial charge in [-0.2, -0.15) is 0 Å². The first-order valence-corrected chi connectivity index (χ1v) is 8.68. The summed E-state index contributed by atoms with van der Waals surface area (Å²) in [5.74, 6) is -1.40. The molecule has 1 N–H and O–H groups in total. The van der Waals surface area contributed by atoms with Crippen LogP contribution in [0.3, 0.4) is 0 Å². The maximum Gasteiger partial charge on any atom is 0.262 e. The average molecular weight is 332 g/mol. The number of carbonyl (C=O) groups excluding carboxylic acids is 1. The summed E-state index contributed by atoms with van der Waals surface area (Å²) in [6, 6.07) is 9.64. The molecule has 23 heavy (non-hydrogen) atoms. The monoisotopic (exact) mass is 332 g/mol. The molecule has 2 aromatic carbocycles. The van der Waals surface area contributed by atoms with Crippen LogP contribution in [0.1, 0.15) is 34.0 Å². The highest BCUT2D eigenvalue weighted by Crippen LogP contribution is 2.25. The van der Waals surface area contributed by atoms with Crippen molar-refractivity contribution in [2.24, 2.45) is 0 Å². The summed E-state index contributed by atoms with van der Waals surface area (Å²) in [6.45, 7) is 5.24. The maximum atomic E-state index is 12.7. The Morgan fingerprint density at radius 3 is 2.43 bits per heavy atom. The summed E-state index contributed by atoms with van der Waals surface area (Å²) in [5.41, 5.74) is 2.29. The molecule has 0 aliphatic carbocycles. The molecule has 0 atom stereocenters. The topological polar surface area (TPSA) is 86.3 Å². The molecule has 6 heteroatoms. The number of rotatable bonds is 5. The zero-order valence-electron chi connectivity index (χ0n) is 13.2. The number of para-hydroxylation sites is 1. The van der Waals surface area contributed by atoms with E-state index < -0.39 is 16.0 Å². The van der Waals surface area contributed by atoms with Crippen LogP contribution < -0.4 is 9.83 Å². The highest BCUT2D eigenvalue weighted by Gasteiger charge is 2.20. The van der Waals surface area contributed by atoms with E-state index in [4.69, 9.17) is 0 Å². The van der Waals surface area contributed by atoms with Crippen LogP contribution in [-0.2, 0) is 16.4 Å². The van der Waals surface area contributed by atoms with Crippen molar-refractivity contribution >= 4 is 21.7 Å². The van der Waals surface area contributed by atoms with Gasteiger partial charge >= 0.3 is 0 Å². The fourth-order valence-electron chi connectivity index (χ4n) is 2.35. The molecule has 0 unspecified atom stereocenters. The van der Waals surface area contributed by atoms with Crippen molar-refractivity contribution in [3.05, 3.63) is 58.7 Å². The number of aryl methyl sites for hydroxylation is 2. The van der Waals surface area contributed by atoms with Crippen LogP contribution >= 0.6 is 0 Å². The Labute approximate surface area is 136 Å². The smallest absolute Gasteiger partial charge is 0.262 e. The number of sulfonamides is 1. The van der Waals surface area contributed by atoms with Gasteiger partial charge in [0.25, 0.3) is 10.0 Å². The molecule has 0 aromatic heterocycles. The van der Waals surface area contributed by atoms with E-state index in [9.17, 15) is 18.3 Å². The molecule has 0 aliphatic rings. The van der Waals surface area contributed by atoms with Crippen LogP contribution in [0.25, 0.3) is 0 Å². The molecule has 0 radical (unpaired) electrons. The average Bonchev–Trinajstić information content (AvgIpc) is 2.49. The molecular weight excluding hydrogens is 314 g/mol. The lowest BCUT2D eigenvalue weighted by molar-refractivity contribution is -0.255. The summed E-state index contributed by atoms with van der Waals surface area (Å²) in [5, 5.41) is 11.1. The SMILES string of the molecule is CCc1ccccc1NS(=O)(=O)c1cc(C(=O)[O-])cc(C)c1C. The van der Waals surface area contributed by atoms with Crippen molar-refractivity contribution in [3.63, 3.8) is 0 Å². The second-order valence-corrected chi connectivity index (χ2v) is 6.97. The number of benzene rings is 2. The zero-order valence-corrected chi connectivity index (χ0v) is 14.0. The second kappa shape index (κ2) is 6.42. The first-order chi connectivity index (χ1) is 10.8. The Kier molecular flexibility index (Phi) is 4.75. The third kappa shape index (κ3) is 3.53. The van der Waals surface area contributed by atoms with E-state index in [1.54, 1.807) is 26.0 Å². The molecule has 0 aliphatic heterocycles. The normalized spacial score (nSPS) is 11.3. The quantitative estimate of drug-likeness (QED) is 0.907. The van der Waals surface area contributed by atoms with E-state index in [2.05, 4.69) is 4.72 Å². The van der Waals surface area contributed by atoms with Gasteiger partial charge < -0.3 is 9.90 Å². The van der Waals surface area contributed by atoms with Crippen molar-refractivity contribution in [1.29, 1.82) is 0 Å². The number of nitrogens with one attached hydrogen (secondary N) is 1. The van der Waals surface area contributed by atoms with E-state index in [0.717, 1.165) is 11.6 Å². The van der Waals surface area contributed by atoms with E-state index in [1.807, 2.05) is 19.1 Å². The molecule has 0 spiro atoms. The number of aromatic carboxylic acids is 1. The molecule has 0 bridgehead atoms. The van der Waals surface area contributed by atoms with Gasteiger partial charge in [0.2, 0.25) is 0 Å². The number of anilines is 1. The van der Waals surface area contributed by atoms with Crippen LogP contribution in [0, 0.1) is 13.8 Å². The Hall–Kier alpha value is -2.34. The molecule has 122 valence electrons. The van der Waals surface area contributed by atoms with Crippen LogP contribution in [-0.4, -0.2) is 14.4 Å². The van der Waals surface area contributed by atoms with Crippen LogP contribution in [0.2, 0.25) is 0 Å². The Morgan fingerprint density at radius 1 is 1.17 bits per heavy atom. The Balaban J connectivity index is 2.54. The maximum absolute atomic E-state index is 12.7. The molecule has 2 aromatic rings. The van der Waals surface area contributed by atoms with Crippen LogP contribution in [0.15, 0.2) is 41.3 Å². The molecule has 0 amide bonds. The van der Waals surface area contributed by atoms with E-state index >= 15 is 0 Å². The summed E-state index contributed by atoms with van der Waals surface area (Å²) >= 11 is 0. The van der Waals surface area contributed by atoms with E-state index in [0.29, 0.717) is 23.2 Å². The minimum atomic E-state index is -3.90. The minimum absolute atomic E-state index is 0.0531. The molecule has 0 saturated carbocycles. The summed E-state index contributed by atoms with van der Waals surface area (Å²) < 4.78 is 27.9. The fourth-order valence-corrected chi connectivity index (χ4v) is 3.80. The van der Waals surface area contributed by atoms with Gasteiger partial charge in [0.15, 0.2) is 0 Å². The number of hydrogen-bond donors (Lipinski definition) is 1. The van der Waals surface area contributed by atoms with Gasteiger partial charge in [0.05, 0.1) is 16.6 Å². The summed E-state index contributed by atoms with van der Waals surface area (Å²) in [4.78, 5) is 11.0. The van der Waals surface area contributed by atoms with Crippen molar-refractivity contribution in [1.82, 2.24) is 0 Å². The summed E-state index contributed by atoms with van der Waals surface area (Å²) in [7, 11) is -3.90. The lowest BCUT2D eigenvalue weighted by Gasteiger charge is -2.16. The number of hydrogen-bond acceptors (Lipinski definition) is 4. The molecular formula is C17H18NO4S-. The van der Waals surface area contributed by atoms with Crippen molar-refractivity contribution in [2.75, 3.05) is 4.72 Å². The van der Waals surface area contributed by atoms with E-state index in [1.165, 1.54) is 6.07 Å². The predicted molar refractivity (Wildman–Crippen MR) is 86.9 cm³/mol. The predicted octanol–water partition coefficient (Wildman–Crippen LogP) is 2.03. The Bertz CT molecular complexity index is 857. The second-order valence-electron chi connectivity index (χ2n) is 5.32. The van der Waals surface area contributed by atoms with Crippen LogP contribution in [0.4, 0.5) is 5.69 Å². The third-order valence-corrected chi connectivity index (χ3v) is 5.28. The highest BCUT2D eigenvalue weighted by molar-refractivity contribution is 7.92. The molecule has 2 rings (SSSR count). The van der Waals surface area contributed by atoms with Gasteiger partial charge in [-0.3, -0.25) is 4.72 Å². The van der Waals surface area contributed by atoms with Crippen molar-refractivity contribution in [3.8, 4) is 0 Å². The molecule has 0 heterocycles. The largest absolute Gasteiger partial charge is 0.545 e. The van der Waals surface area contributed by atoms with Crippen molar-refractivity contribution in [2.45, 2.75) is 32.1 Å². The summed E-state index contributed by atoms with van der Waals surface area (Å²) in [6.07, 6.45) is 0.676. The minimum Gasteiger partial charge on any atom is -0.545 e. The third-order valence-electron chi connectivity index (χ3n) is 3.79. The van der Waals surface area contributed by atoms with Gasteiger partial charge in [0, 0.05) is 0 Å². The van der Waals surface area contributed by atoms with Gasteiger partial charge in [-0.1, -0.05) is 25.1 Å². The molecule has 5 nitrogen and oxygen atoms in total. The van der Waals surface area contributed by atoms with E-state index in [-0.39, 0.29) is 10.5 Å². The first-order valence-electron chi connectivity index (χ1n) is 7.19. The first kappa shape index (κ1) is 17.0. The van der Waals surface area contributed by atoms with Gasteiger partial charge in [0.1, 0.15) is 0 Å². The molecule has 0 saturated heterocycles. The lowest BCUT2D eigenvalue weighted by atomic mass is 10.1. The number of carbonyl (C=O) groups is 1. The van der Waals surface area contributed by atoms with Gasteiger partial charge in [-0.05, 0) is 60.7 Å². The number of carboxylic acid groups (broad SMARTS) is 1. The Morgan fingerprint density at radius 2 is 1.83 bits per heavy atom. The standard InChI is InChI=1S/C17H19NO4S/c1-4-13-7-5-6-8-15(13)18-23(21,22)16-10-14(17(19)20)9-11(2)12(16)3/h5-10,18H,4H2,1-3H3,(H,19,20)/p-1. The zero-order chi connectivity index (χ0) is 17.2.